The van der Waals surface area contributed by atoms with Gasteiger partial charge in [-0.15, -0.1) is 0 Å². The van der Waals surface area contributed by atoms with Crippen molar-refractivity contribution in [3.8, 4) is 5.75 Å². The van der Waals surface area contributed by atoms with Crippen molar-refractivity contribution in [3.63, 3.8) is 0 Å². The van der Waals surface area contributed by atoms with Gasteiger partial charge in [0.1, 0.15) is 23.7 Å². The van der Waals surface area contributed by atoms with Crippen LogP contribution in [0.25, 0.3) is 0 Å². The van der Waals surface area contributed by atoms with Crippen LogP contribution < -0.4 is 10.1 Å². The molecule has 0 spiro atoms. The second-order valence-corrected chi connectivity index (χ2v) is 8.94. The second kappa shape index (κ2) is 9.76. The number of hydrogen-bond acceptors (Lipinski definition) is 6. The topological polar surface area (TPSA) is 98.6 Å². The Balaban J connectivity index is 1.56. The maximum Gasteiger partial charge on any atom is 0.334 e. The zero-order valence-corrected chi connectivity index (χ0v) is 19.9. The normalized spacial score (nSPS) is 21.1. The number of fused-ring (bicyclic) bond motifs is 1. The Kier molecular flexibility index (Phi) is 6.78. The first kappa shape index (κ1) is 23.6. The first-order valence-electron chi connectivity index (χ1n) is 11.3. The molecule has 0 radical (unpaired) electrons. The van der Waals surface area contributed by atoms with E-state index >= 15 is 0 Å². The number of furan rings is 1. The number of nitrogens with one attached hydrogen (secondary N) is 1. The van der Waals surface area contributed by atoms with Gasteiger partial charge in [0.25, 0.3) is 0 Å². The summed E-state index contributed by atoms with van der Waals surface area (Å²) < 4.78 is 10.6. The second-order valence-electron chi connectivity index (χ2n) is 8.94. The Labute approximate surface area is 199 Å². The number of carbonyl (C=O) groups is 3. The number of nitrogens with zero attached hydrogens (tertiary/aromatic N) is 4. The number of likely N-dealkylation sites (N-methyl/N-ethyl adjacent to an activating group) is 1. The van der Waals surface area contributed by atoms with Crippen molar-refractivity contribution in [2.75, 3.05) is 27.2 Å². The van der Waals surface area contributed by atoms with Gasteiger partial charge in [0, 0.05) is 13.6 Å². The van der Waals surface area contributed by atoms with Gasteiger partial charge in [-0.05, 0) is 35.7 Å². The number of ether oxygens (including phenoxy) is 1. The van der Waals surface area contributed by atoms with Gasteiger partial charge < -0.3 is 24.3 Å². The van der Waals surface area contributed by atoms with E-state index in [1.165, 1.54) is 0 Å². The van der Waals surface area contributed by atoms with Crippen LogP contribution in [0, 0.1) is 5.92 Å². The van der Waals surface area contributed by atoms with Crippen LogP contribution in [0.2, 0.25) is 0 Å². The minimum Gasteiger partial charge on any atom is -0.497 e. The van der Waals surface area contributed by atoms with E-state index in [9.17, 15) is 14.4 Å². The van der Waals surface area contributed by atoms with E-state index < -0.39 is 12.2 Å². The molecule has 34 heavy (non-hydrogen) atoms. The average molecular weight is 470 g/mol. The van der Waals surface area contributed by atoms with Crippen LogP contribution in [0.5, 0.6) is 5.75 Å². The highest BCUT2D eigenvalue weighted by molar-refractivity contribution is 5.91. The van der Waals surface area contributed by atoms with Crippen LogP contribution in [-0.2, 0) is 22.7 Å². The molecule has 10 heteroatoms. The lowest BCUT2D eigenvalue weighted by atomic mass is 9.96. The lowest BCUT2D eigenvalue weighted by Crippen LogP contribution is -2.76. The van der Waals surface area contributed by atoms with Crippen molar-refractivity contribution >= 4 is 17.8 Å². The maximum absolute atomic E-state index is 13.4. The lowest BCUT2D eigenvalue weighted by Gasteiger charge is -2.55. The number of methoxy groups -OCH3 is 1. The fourth-order valence-electron chi connectivity index (χ4n) is 4.60. The van der Waals surface area contributed by atoms with Gasteiger partial charge in [-0.25, -0.2) is 14.8 Å². The molecular formula is C24H31N5O5. The van der Waals surface area contributed by atoms with Crippen molar-refractivity contribution in [3.05, 3.63) is 54.0 Å². The molecule has 1 N–H and O–H groups in total. The molecule has 3 heterocycles. The Morgan fingerprint density at radius 3 is 2.56 bits per heavy atom. The number of carbonyl (C=O) groups excluding carboxylic acids is 3. The highest BCUT2D eigenvalue weighted by Crippen LogP contribution is 2.30. The molecule has 182 valence electrons. The molecule has 4 rings (SSSR count). The van der Waals surface area contributed by atoms with E-state index in [1.54, 1.807) is 46.3 Å². The summed E-state index contributed by atoms with van der Waals surface area (Å²) in [7, 11) is 3.31. The Morgan fingerprint density at radius 2 is 1.94 bits per heavy atom. The minimum absolute atomic E-state index is 0.0150. The van der Waals surface area contributed by atoms with E-state index in [1.807, 2.05) is 44.2 Å². The predicted octanol–water partition coefficient (Wildman–Crippen LogP) is 1.88. The third-order valence-corrected chi connectivity index (χ3v) is 6.24. The number of hydrogen-bond donors (Lipinski definition) is 1. The quantitative estimate of drug-likeness (QED) is 0.694. The molecule has 4 amide bonds. The number of hydrazine groups is 1. The SMILES string of the molecule is COc1ccc(CNC(=O)N2[C@H]3CN(Cc4ccco4)C(=O)[C@H](C(C)C)N3C(=O)CN2C)cc1. The molecule has 2 fully saturated rings. The maximum atomic E-state index is 13.4. The summed E-state index contributed by atoms with van der Waals surface area (Å²) in [5.41, 5.74) is 0.917. The Bertz CT molecular complexity index is 1020. The molecule has 2 aromatic rings. The number of amides is 4. The van der Waals surface area contributed by atoms with Crippen molar-refractivity contribution in [2.45, 2.75) is 39.1 Å². The average Bonchev–Trinajstić information content (AvgIpc) is 3.32. The third-order valence-electron chi connectivity index (χ3n) is 6.24. The predicted molar refractivity (Wildman–Crippen MR) is 123 cm³/mol. The summed E-state index contributed by atoms with van der Waals surface area (Å²) in [6, 6.07) is 10.0. The summed E-state index contributed by atoms with van der Waals surface area (Å²) in [6.45, 7) is 4.62. The summed E-state index contributed by atoms with van der Waals surface area (Å²) in [4.78, 5) is 43.0. The summed E-state index contributed by atoms with van der Waals surface area (Å²) in [6.07, 6.45) is 0.939. The third kappa shape index (κ3) is 4.58. The molecule has 1 aromatic carbocycles. The molecule has 0 saturated carbocycles. The monoisotopic (exact) mass is 469 g/mol. The summed E-state index contributed by atoms with van der Waals surface area (Å²) in [5.74, 6) is 0.958. The first-order chi connectivity index (χ1) is 16.3. The Morgan fingerprint density at radius 1 is 1.21 bits per heavy atom. The van der Waals surface area contributed by atoms with Gasteiger partial charge in [0.2, 0.25) is 11.8 Å². The van der Waals surface area contributed by atoms with E-state index in [0.29, 0.717) is 12.3 Å². The van der Waals surface area contributed by atoms with E-state index in [-0.39, 0.29) is 43.4 Å². The zero-order valence-electron chi connectivity index (χ0n) is 19.9. The lowest BCUT2D eigenvalue weighted by molar-refractivity contribution is -0.190. The van der Waals surface area contributed by atoms with E-state index in [2.05, 4.69) is 5.32 Å². The minimum atomic E-state index is -0.660. The molecule has 0 aliphatic carbocycles. The van der Waals surface area contributed by atoms with Crippen LogP contribution in [0.4, 0.5) is 4.79 Å². The van der Waals surface area contributed by atoms with Crippen LogP contribution in [0.3, 0.4) is 0 Å². The molecule has 10 nitrogen and oxygen atoms in total. The van der Waals surface area contributed by atoms with Gasteiger partial charge in [0.05, 0.1) is 33.0 Å². The fourth-order valence-corrected chi connectivity index (χ4v) is 4.60. The number of benzene rings is 1. The van der Waals surface area contributed by atoms with Gasteiger partial charge in [-0.3, -0.25) is 9.59 Å². The summed E-state index contributed by atoms with van der Waals surface area (Å²) >= 11 is 0. The zero-order chi connectivity index (χ0) is 24.4. The molecule has 1 aromatic heterocycles. The molecule has 0 bridgehead atoms. The van der Waals surface area contributed by atoms with Crippen LogP contribution in [0.15, 0.2) is 47.1 Å². The Hall–Kier alpha value is -3.53. The highest BCUT2D eigenvalue weighted by Gasteiger charge is 2.51. The van der Waals surface area contributed by atoms with Gasteiger partial charge in [0.15, 0.2) is 0 Å². The molecule has 2 aliphatic rings. The molecule has 2 atom stereocenters. The van der Waals surface area contributed by atoms with Crippen LogP contribution in [-0.4, -0.2) is 77.1 Å². The smallest absolute Gasteiger partial charge is 0.334 e. The van der Waals surface area contributed by atoms with Gasteiger partial charge in [-0.1, -0.05) is 26.0 Å². The number of piperazine rings is 1. The molecule has 2 aliphatic heterocycles. The van der Waals surface area contributed by atoms with Crippen molar-refractivity contribution in [1.29, 1.82) is 0 Å². The van der Waals surface area contributed by atoms with Crippen molar-refractivity contribution in [1.82, 2.24) is 25.1 Å². The van der Waals surface area contributed by atoms with Crippen molar-refractivity contribution < 1.29 is 23.5 Å². The largest absolute Gasteiger partial charge is 0.497 e. The summed E-state index contributed by atoms with van der Waals surface area (Å²) in [5, 5.41) is 6.10. The van der Waals surface area contributed by atoms with Crippen LogP contribution >= 0.6 is 0 Å². The molecule has 0 unspecified atom stereocenters. The standard InChI is InChI=1S/C24H31N5O5/c1-16(2)22-23(31)27(13-19-6-5-11-34-19)14-20-28(22)21(30)15-26(3)29(20)24(32)25-12-17-7-9-18(33-4)10-8-17/h5-11,16,20,22H,12-15H2,1-4H3,(H,25,32)/t20-,22-/m0/s1. The van der Waals surface area contributed by atoms with Gasteiger partial charge in [-0.2, -0.15) is 0 Å². The van der Waals surface area contributed by atoms with E-state index in [4.69, 9.17) is 9.15 Å². The number of urea groups is 1. The molecular weight excluding hydrogens is 438 g/mol. The highest BCUT2D eigenvalue weighted by atomic mass is 16.5. The molecule has 2 saturated heterocycles. The van der Waals surface area contributed by atoms with Gasteiger partial charge >= 0.3 is 6.03 Å². The van der Waals surface area contributed by atoms with Crippen molar-refractivity contribution in [2.24, 2.45) is 5.92 Å². The first-order valence-corrected chi connectivity index (χ1v) is 11.3. The fraction of sp³-hybridized carbons (Fsp3) is 0.458. The van der Waals surface area contributed by atoms with E-state index in [0.717, 1.165) is 11.3 Å². The number of rotatable bonds is 6. The van der Waals surface area contributed by atoms with Crippen LogP contribution in [0.1, 0.15) is 25.2 Å².